The minimum Gasteiger partial charge on any atom is -0.493 e. The van der Waals surface area contributed by atoms with Crippen molar-refractivity contribution in [2.24, 2.45) is 11.8 Å². The molecule has 0 heterocycles. The number of halogens is 1. The predicted octanol–water partition coefficient (Wildman–Crippen LogP) is 9.06. The number of ether oxygens (including phenoxy) is 1. The number of hydrogen-bond acceptors (Lipinski definition) is 5. The van der Waals surface area contributed by atoms with E-state index in [9.17, 15) is 19.1 Å². The summed E-state index contributed by atoms with van der Waals surface area (Å²) in [6.07, 6.45) is 10.1. The second kappa shape index (κ2) is 14.7. The van der Waals surface area contributed by atoms with Crippen molar-refractivity contribution >= 4 is 28.4 Å². The Morgan fingerprint density at radius 1 is 1.05 bits per heavy atom. The molecule has 1 fully saturated rings. The lowest BCUT2D eigenvalue weighted by Crippen LogP contribution is -2.60. The highest BCUT2D eigenvalue weighted by molar-refractivity contribution is 6.75. The normalized spacial score (nSPS) is 18.5. The molecule has 0 bridgehead atoms. The van der Waals surface area contributed by atoms with Crippen molar-refractivity contribution in [1.29, 1.82) is 0 Å². The van der Waals surface area contributed by atoms with Crippen LogP contribution in [0, 0.1) is 17.7 Å². The molecule has 0 unspecified atom stereocenters. The predicted molar refractivity (Wildman–Crippen MR) is 176 cm³/mol. The second-order valence-corrected chi connectivity index (χ2v) is 24.0. The first-order valence-corrected chi connectivity index (χ1v) is 21.1. The number of allylic oxidation sites excluding steroid dienone is 1. The Balaban J connectivity index is 2.14. The molecular formula is C34H53FO6Si2. The number of Topliss-reactive ketones (excluding diaryl/α,β-unsaturated/α-hetero) is 1. The number of ketones is 1. The summed E-state index contributed by atoms with van der Waals surface area (Å²) in [5.74, 6) is -2.56. The maximum atomic E-state index is 13.3. The summed E-state index contributed by atoms with van der Waals surface area (Å²) in [6, 6.07) is 6.07. The van der Waals surface area contributed by atoms with Gasteiger partial charge in [-0.3, -0.25) is 4.79 Å². The van der Waals surface area contributed by atoms with E-state index >= 15 is 0 Å². The number of benzene rings is 1. The number of hydrogen-bond donors (Lipinski definition) is 1. The van der Waals surface area contributed by atoms with Crippen molar-refractivity contribution in [2.75, 3.05) is 6.61 Å². The highest BCUT2D eigenvalue weighted by Gasteiger charge is 2.54. The van der Waals surface area contributed by atoms with Crippen LogP contribution in [0.25, 0.3) is 0 Å². The quantitative estimate of drug-likeness (QED) is 0.0724. The van der Waals surface area contributed by atoms with E-state index in [2.05, 4.69) is 53.3 Å². The third kappa shape index (κ3) is 10.4. The second-order valence-electron chi connectivity index (χ2n) is 14.6. The summed E-state index contributed by atoms with van der Waals surface area (Å²) in [6.45, 7) is 21.0. The van der Waals surface area contributed by atoms with Gasteiger partial charge in [0, 0.05) is 24.8 Å². The lowest BCUT2D eigenvalue weighted by Gasteiger charge is -2.48. The highest BCUT2D eigenvalue weighted by atomic mass is 28.4. The molecule has 1 N–H and O–H groups in total. The van der Waals surface area contributed by atoms with Crippen LogP contribution in [-0.4, -0.2) is 45.9 Å². The topological polar surface area (TPSA) is 82.1 Å². The fraction of sp³-hybridized carbons (Fsp3) is 0.618. The van der Waals surface area contributed by atoms with Gasteiger partial charge in [-0.05, 0) is 85.7 Å². The molecule has 2 atom stereocenters. The van der Waals surface area contributed by atoms with Gasteiger partial charge in [0.1, 0.15) is 17.3 Å². The van der Waals surface area contributed by atoms with Gasteiger partial charge in [-0.1, -0.05) is 59.8 Å². The number of rotatable bonds is 14. The fourth-order valence-corrected chi connectivity index (χ4v) is 7.19. The Labute approximate surface area is 260 Å². The molecule has 0 aliphatic heterocycles. The van der Waals surface area contributed by atoms with E-state index < -0.39 is 28.4 Å². The lowest BCUT2D eigenvalue weighted by atomic mass is 9.91. The molecule has 1 saturated carbocycles. The molecule has 6 nitrogen and oxygen atoms in total. The zero-order chi connectivity index (χ0) is 32.7. The highest BCUT2D eigenvalue weighted by Crippen LogP contribution is 2.45. The van der Waals surface area contributed by atoms with Gasteiger partial charge in [-0.15, -0.1) is 5.73 Å². The van der Waals surface area contributed by atoms with Gasteiger partial charge >= 0.3 is 5.97 Å². The van der Waals surface area contributed by atoms with Crippen molar-refractivity contribution in [1.82, 2.24) is 0 Å². The molecule has 240 valence electrons. The first-order valence-electron chi connectivity index (χ1n) is 15.3. The molecule has 9 heteroatoms. The number of carbonyl (C=O) groups is 2. The van der Waals surface area contributed by atoms with E-state index in [4.69, 9.17) is 13.6 Å². The zero-order valence-corrected chi connectivity index (χ0v) is 29.9. The van der Waals surface area contributed by atoms with Crippen LogP contribution in [-0.2, 0) is 18.4 Å². The summed E-state index contributed by atoms with van der Waals surface area (Å²) in [5.41, 5.74) is 3.14. The van der Waals surface area contributed by atoms with Gasteiger partial charge in [-0.2, -0.15) is 0 Å². The Hall–Kier alpha value is -2.30. The van der Waals surface area contributed by atoms with Gasteiger partial charge in [0.25, 0.3) is 5.79 Å². The van der Waals surface area contributed by atoms with E-state index in [1.807, 2.05) is 38.3 Å². The maximum Gasteiger partial charge on any atom is 0.362 e. The Kier molecular flexibility index (Phi) is 12.6. The Bertz CT molecular complexity index is 1170. The molecular weight excluding hydrogens is 580 g/mol. The van der Waals surface area contributed by atoms with Crippen LogP contribution in [0.1, 0.15) is 73.6 Å². The average molecular weight is 633 g/mol. The largest absolute Gasteiger partial charge is 0.493 e. The summed E-state index contributed by atoms with van der Waals surface area (Å²) in [4.78, 5) is 25.5. The SMILES string of the molecule is CC(C)(C)[Si](C)(C)OC(CC=C=CC[C@H]1C(=O)CC[C@@H]1/C=C/CCOc1cccc(F)c1)(O[Si](C)(C)C(C)(C)C)C(=O)O. The maximum absolute atomic E-state index is 13.3. The van der Waals surface area contributed by atoms with Crippen molar-refractivity contribution in [3.8, 4) is 5.75 Å². The van der Waals surface area contributed by atoms with E-state index in [-0.39, 0.29) is 39.9 Å². The molecule has 1 aromatic carbocycles. The fourth-order valence-electron chi connectivity index (χ4n) is 4.42. The van der Waals surface area contributed by atoms with Crippen LogP contribution in [0.2, 0.25) is 36.3 Å². The standard InChI is InChI=1S/C34H53FO6Si2/c1-32(2,3)42(7,8)40-34(31(37)38,41-43(9,10)33(4,5)6)23-14-11-12-20-29-26(21-22-30(29)36)17-13-15-24-39-28-19-16-18-27(35)25-28/h12-14,16-19,25-26,29H,15,20-24H2,1-10H3,(H,37,38)/b17-13+/t11?,26-,29+/m0/s1. The monoisotopic (exact) mass is 632 g/mol. The van der Waals surface area contributed by atoms with E-state index in [0.29, 0.717) is 31.6 Å². The number of carboxylic acid groups (broad SMARTS) is 1. The molecule has 2 rings (SSSR count). The first kappa shape index (κ1) is 36.9. The van der Waals surface area contributed by atoms with Crippen molar-refractivity contribution < 1.29 is 32.7 Å². The smallest absolute Gasteiger partial charge is 0.362 e. The minimum absolute atomic E-state index is 0.0190. The summed E-state index contributed by atoms with van der Waals surface area (Å²) in [7, 11) is -5.06. The molecule has 0 aromatic heterocycles. The van der Waals surface area contributed by atoms with E-state index in [1.165, 1.54) is 12.1 Å². The Morgan fingerprint density at radius 2 is 1.65 bits per heavy atom. The molecule has 0 spiro atoms. The van der Waals surface area contributed by atoms with E-state index in [1.54, 1.807) is 18.2 Å². The van der Waals surface area contributed by atoms with Crippen molar-refractivity contribution in [3.05, 3.63) is 60.1 Å². The summed E-state index contributed by atoms with van der Waals surface area (Å²) >= 11 is 0. The van der Waals surface area contributed by atoms with Crippen LogP contribution < -0.4 is 4.74 Å². The van der Waals surface area contributed by atoms with Gasteiger partial charge < -0.3 is 18.7 Å². The molecule has 1 aliphatic rings. The van der Waals surface area contributed by atoms with Crippen LogP contribution in [0.4, 0.5) is 4.39 Å². The number of carbonyl (C=O) groups excluding carboxylic acids is 1. The number of aliphatic carboxylic acids is 1. The third-order valence-electron chi connectivity index (χ3n) is 9.14. The van der Waals surface area contributed by atoms with Crippen LogP contribution >= 0.6 is 0 Å². The number of carboxylic acids is 1. The summed E-state index contributed by atoms with van der Waals surface area (Å²) in [5, 5.41) is 10.1. The van der Waals surface area contributed by atoms with Crippen LogP contribution in [0.3, 0.4) is 0 Å². The molecule has 0 saturated heterocycles. The lowest BCUT2D eigenvalue weighted by molar-refractivity contribution is -0.191. The zero-order valence-electron chi connectivity index (χ0n) is 27.9. The molecule has 0 amide bonds. The molecule has 1 aliphatic carbocycles. The van der Waals surface area contributed by atoms with Crippen LogP contribution in [0.5, 0.6) is 5.75 Å². The van der Waals surface area contributed by atoms with Crippen molar-refractivity contribution in [2.45, 2.75) is 116 Å². The third-order valence-corrected chi connectivity index (χ3v) is 18.0. The molecule has 1 aromatic rings. The van der Waals surface area contributed by atoms with Crippen LogP contribution in [0.15, 0.2) is 54.3 Å². The van der Waals surface area contributed by atoms with Gasteiger partial charge in [0.15, 0.2) is 16.6 Å². The molecule has 43 heavy (non-hydrogen) atoms. The van der Waals surface area contributed by atoms with Gasteiger partial charge in [0.05, 0.1) is 6.61 Å². The van der Waals surface area contributed by atoms with Crippen molar-refractivity contribution in [3.63, 3.8) is 0 Å². The van der Waals surface area contributed by atoms with Gasteiger partial charge in [-0.25, -0.2) is 9.18 Å². The Morgan fingerprint density at radius 3 is 2.19 bits per heavy atom. The average Bonchev–Trinajstić information content (AvgIpc) is 3.20. The minimum atomic E-state index is -2.53. The summed E-state index contributed by atoms with van der Waals surface area (Å²) < 4.78 is 32.1. The first-order chi connectivity index (χ1) is 19.7. The molecule has 0 radical (unpaired) electrons. The van der Waals surface area contributed by atoms with Gasteiger partial charge in [0.2, 0.25) is 0 Å². The van der Waals surface area contributed by atoms with E-state index in [0.717, 1.165) is 6.42 Å².